The molecule has 0 saturated heterocycles. The molecule has 3 rings (SSSR count). The second-order valence-corrected chi connectivity index (χ2v) is 5.06. The van der Waals surface area contributed by atoms with Crippen molar-refractivity contribution in [2.45, 2.75) is 6.92 Å². The molecule has 24 heavy (non-hydrogen) atoms. The first-order chi connectivity index (χ1) is 11.6. The predicted molar refractivity (Wildman–Crippen MR) is 87.8 cm³/mol. The van der Waals surface area contributed by atoms with E-state index >= 15 is 0 Å². The number of pyridine rings is 1. The van der Waals surface area contributed by atoms with E-state index in [1.807, 2.05) is 0 Å². The van der Waals surface area contributed by atoms with E-state index in [1.165, 1.54) is 0 Å². The van der Waals surface area contributed by atoms with Gasteiger partial charge >= 0.3 is 0 Å². The van der Waals surface area contributed by atoms with Gasteiger partial charge in [0.15, 0.2) is 0 Å². The minimum atomic E-state index is -0.400. The summed E-state index contributed by atoms with van der Waals surface area (Å²) in [6.07, 6.45) is 3.19. The van der Waals surface area contributed by atoms with Gasteiger partial charge < -0.3 is 15.2 Å². The van der Waals surface area contributed by atoms with Gasteiger partial charge in [-0.3, -0.25) is 14.6 Å². The zero-order chi connectivity index (χ0) is 16.9. The first-order valence-corrected chi connectivity index (χ1v) is 7.18. The second kappa shape index (κ2) is 6.74. The van der Waals surface area contributed by atoms with Crippen molar-refractivity contribution in [3.05, 3.63) is 71.9 Å². The highest BCUT2D eigenvalue weighted by atomic mass is 16.5. The molecule has 7 heteroatoms. The molecule has 0 saturated carbocycles. The normalized spacial score (nSPS) is 10.2. The number of hydrogen-bond donors (Lipinski definition) is 2. The van der Waals surface area contributed by atoms with Gasteiger partial charge in [0.1, 0.15) is 0 Å². The third kappa shape index (κ3) is 3.64. The van der Waals surface area contributed by atoms with Gasteiger partial charge in [-0.2, -0.15) is 0 Å². The number of benzene rings is 1. The van der Waals surface area contributed by atoms with Crippen molar-refractivity contribution < 1.29 is 14.1 Å². The van der Waals surface area contributed by atoms with Crippen LogP contribution in [-0.2, 0) is 0 Å². The van der Waals surface area contributed by atoms with E-state index in [1.54, 1.807) is 61.8 Å². The van der Waals surface area contributed by atoms with Crippen LogP contribution < -0.4 is 10.6 Å². The average Bonchev–Trinajstić information content (AvgIpc) is 3.03. The molecule has 0 fully saturated rings. The fourth-order valence-corrected chi connectivity index (χ4v) is 2.01. The van der Waals surface area contributed by atoms with E-state index in [9.17, 15) is 9.59 Å². The molecule has 0 aliphatic rings. The van der Waals surface area contributed by atoms with Gasteiger partial charge in [-0.25, -0.2) is 0 Å². The highest BCUT2D eigenvalue weighted by Gasteiger charge is 2.12. The monoisotopic (exact) mass is 322 g/mol. The lowest BCUT2D eigenvalue weighted by Crippen LogP contribution is -2.13. The summed E-state index contributed by atoms with van der Waals surface area (Å²) >= 11 is 0. The van der Waals surface area contributed by atoms with Crippen LogP contribution in [0.25, 0.3) is 0 Å². The number of carbonyl (C=O) groups excluding carboxylic acids is 2. The lowest BCUT2D eigenvalue weighted by atomic mass is 10.2. The minimum Gasteiger partial charge on any atom is -0.351 e. The number of aryl methyl sites for hydroxylation is 1. The van der Waals surface area contributed by atoms with Gasteiger partial charge in [0, 0.05) is 23.5 Å². The van der Waals surface area contributed by atoms with E-state index in [4.69, 9.17) is 4.52 Å². The summed E-state index contributed by atoms with van der Waals surface area (Å²) in [5, 5.41) is 9.07. The smallest absolute Gasteiger partial charge is 0.294 e. The van der Waals surface area contributed by atoms with Gasteiger partial charge in [0.05, 0.1) is 17.6 Å². The molecule has 0 aliphatic heterocycles. The molecule has 120 valence electrons. The Kier molecular flexibility index (Phi) is 4.33. The summed E-state index contributed by atoms with van der Waals surface area (Å²) in [7, 11) is 0. The predicted octanol–water partition coefficient (Wildman–Crippen LogP) is 2.88. The van der Waals surface area contributed by atoms with Crippen LogP contribution in [0.1, 0.15) is 26.6 Å². The molecule has 2 N–H and O–H groups in total. The summed E-state index contributed by atoms with van der Waals surface area (Å²) in [6.45, 7) is 1.73. The van der Waals surface area contributed by atoms with Crippen molar-refractivity contribution in [1.29, 1.82) is 0 Å². The maximum Gasteiger partial charge on any atom is 0.294 e. The molecule has 2 heterocycles. The standard InChI is InChI=1S/C17H14N4O3/c1-11-9-15(24-21-11)17(23)19-13-6-4-12(5-7-13)16(22)20-14-3-2-8-18-10-14/h2-10H,1H3,(H,19,23)(H,20,22). The third-order valence-electron chi connectivity index (χ3n) is 3.18. The molecule has 0 unspecified atom stereocenters. The molecule has 0 spiro atoms. The van der Waals surface area contributed by atoms with Crippen molar-refractivity contribution in [3.8, 4) is 0 Å². The first kappa shape index (κ1) is 15.4. The second-order valence-electron chi connectivity index (χ2n) is 5.06. The summed E-state index contributed by atoms with van der Waals surface area (Å²) in [5.41, 5.74) is 2.25. The van der Waals surface area contributed by atoms with Crippen molar-refractivity contribution in [1.82, 2.24) is 10.1 Å². The molecule has 2 amide bonds. The fourth-order valence-electron chi connectivity index (χ4n) is 2.01. The van der Waals surface area contributed by atoms with E-state index in [2.05, 4.69) is 20.8 Å². The Labute approximate surface area is 137 Å². The van der Waals surface area contributed by atoms with Crippen LogP contribution in [0.3, 0.4) is 0 Å². The lowest BCUT2D eigenvalue weighted by molar-refractivity contribution is 0.0986. The molecule has 0 radical (unpaired) electrons. The van der Waals surface area contributed by atoms with Crippen LogP contribution in [0.4, 0.5) is 11.4 Å². The number of nitrogens with zero attached hydrogens (tertiary/aromatic N) is 2. The summed E-state index contributed by atoms with van der Waals surface area (Å²) in [5.74, 6) is -0.527. The zero-order valence-corrected chi connectivity index (χ0v) is 12.8. The van der Waals surface area contributed by atoms with Crippen LogP contribution in [0.2, 0.25) is 0 Å². The summed E-state index contributed by atoms with van der Waals surface area (Å²) in [4.78, 5) is 28.0. The fraction of sp³-hybridized carbons (Fsp3) is 0.0588. The number of anilines is 2. The molecule has 1 aromatic carbocycles. The van der Waals surface area contributed by atoms with Crippen LogP contribution in [0.5, 0.6) is 0 Å². The number of rotatable bonds is 4. The van der Waals surface area contributed by atoms with Gasteiger partial charge in [-0.1, -0.05) is 5.16 Å². The van der Waals surface area contributed by atoms with E-state index in [0.717, 1.165) is 0 Å². The molecule has 0 aliphatic carbocycles. The van der Waals surface area contributed by atoms with Gasteiger partial charge in [-0.15, -0.1) is 0 Å². The Morgan fingerprint density at radius 1 is 1.00 bits per heavy atom. The van der Waals surface area contributed by atoms with E-state index in [-0.39, 0.29) is 11.7 Å². The van der Waals surface area contributed by atoms with E-state index < -0.39 is 5.91 Å². The number of amides is 2. The number of carbonyl (C=O) groups is 2. The highest BCUT2D eigenvalue weighted by molar-refractivity contribution is 6.05. The highest BCUT2D eigenvalue weighted by Crippen LogP contribution is 2.13. The molecule has 0 bridgehead atoms. The largest absolute Gasteiger partial charge is 0.351 e. The average molecular weight is 322 g/mol. The number of nitrogens with one attached hydrogen (secondary N) is 2. The van der Waals surface area contributed by atoms with Crippen LogP contribution in [0.15, 0.2) is 59.4 Å². The topological polar surface area (TPSA) is 97.1 Å². The lowest BCUT2D eigenvalue weighted by Gasteiger charge is -2.06. The Bertz CT molecular complexity index is 857. The van der Waals surface area contributed by atoms with Gasteiger partial charge in [-0.05, 0) is 43.3 Å². The van der Waals surface area contributed by atoms with Crippen molar-refractivity contribution in [2.75, 3.05) is 10.6 Å². The molecule has 0 atom stereocenters. The Morgan fingerprint density at radius 2 is 1.75 bits per heavy atom. The zero-order valence-electron chi connectivity index (χ0n) is 12.8. The third-order valence-corrected chi connectivity index (χ3v) is 3.18. The first-order valence-electron chi connectivity index (χ1n) is 7.18. The molecular formula is C17H14N4O3. The maximum absolute atomic E-state index is 12.1. The van der Waals surface area contributed by atoms with Crippen LogP contribution in [0, 0.1) is 6.92 Å². The number of hydrogen-bond acceptors (Lipinski definition) is 5. The van der Waals surface area contributed by atoms with Crippen LogP contribution in [-0.4, -0.2) is 22.0 Å². The SMILES string of the molecule is Cc1cc(C(=O)Nc2ccc(C(=O)Nc3cccnc3)cc2)on1. The van der Waals surface area contributed by atoms with Crippen molar-refractivity contribution in [3.63, 3.8) is 0 Å². The Hall–Kier alpha value is -3.48. The van der Waals surface area contributed by atoms with Gasteiger partial charge in [0.25, 0.3) is 11.8 Å². The van der Waals surface area contributed by atoms with Gasteiger partial charge in [0.2, 0.25) is 5.76 Å². The summed E-state index contributed by atoms with van der Waals surface area (Å²) < 4.78 is 4.89. The minimum absolute atomic E-state index is 0.130. The van der Waals surface area contributed by atoms with Crippen LogP contribution >= 0.6 is 0 Å². The molecular weight excluding hydrogens is 308 g/mol. The molecule has 7 nitrogen and oxygen atoms in total. The molecule has 2 aromatic heterocycles. The number of aromatic nitrogens is 2. The Balaban J connectivity index is 1.64. The van der Waals surface area contributed by atoms with Crippen molar-refractivity contribution >= 4 is 23.2 Å². The van der Waals surface area contributed by atoms with E-state index in [0.29, 0.717) is 22.6 Å². The summed E-state index contributed by atoms with van der Waals surface area (Å²) in [6, 6.07) is 11.5. The quantitative estimate of drug-likeness (QED) is 0.770. The Morgan fingerprint density at radius 3 is 2.38 bits per heavy atom. The van der Waals surface area contributed by atoms with Crippen molar-refractivity contribution in [2.24, 2.45) is 0 Å². The molecule has 3 aromatic rings. The maximum atomic E-state index is 12.1.